The maximum atomic E-state index is 13.8. The molecule has 1 aromatic carbocycles. The molecule has 1 aromatic rings. The summed E-state index contributed by atoms with van der Waals surface area (Å²) < 4.78 is 19.0. The zero-order valence-electron chi connectivity index (χ0n) is 13.6. The van der Waals surface area contributed by atoms with Crippen LogP contribution in [0.5, 0.6) is 0 Å². The normalized spacial score (nSPS) is 12.5. The number of nitrogens with zero attached hydrogens (tertiary/aromatic N) is 1. The van der Waals surface area contributed by atoms with Gasteiger partial charge in [0, 0.05) is 20.5 Å². The van der Waals surface area contributed by atoms with E-state index < -0.39 is 23.6 Å². The second-order valence-electron chi connectivity index (χ2n) is 6.02. The maximum Gasteiger partial charge on any atom is 0.410 e. The number of carbonyl (C=O) groups is 2. The predicted molar refractivity (Wildman–Crippen MR) is 82.0 cm³/mol. The molecule has 0 radical (unpaired) electrons. The average Bonchev–Trinajstić information content (AvgIpc) is 2.43. The number of halogens is 1. The molecular weight excluding hydrogens is 287 g/mol. The number of amides is 2. The number of nitrogens with one attached hydrogen (secondary N) is 1. The van der Waals surface area contributed by atoms with Crippen molar-refractivity contribution in [2.24, 2.45) is 0 Å². The topological polar surface area (TPSA) is 58.6 Å². The van der Waals surface area contributed by atoms with Crippen LogP contribution in [0.2, 0.25) is 0 Å². The number of hydrogen-bond donors (Lipinski definition) is 1. The Hall–Kier alpha value is -2.11. The van der Waals surface area contributed by atoms with Crippen LogP contribution >= 0.6 is 0 Å². The van der Waals surface area contributed by atoms with Crippen molar-refractivity contribution in [1.82, 2.24) is 10.2 Å². The summed E-state index contributed by atoms with van der Waals surface area (Å²) >= 11 is 0. The molecule has 1 N–H and O–H groups in total. The Morgan fingerprint density at radius 1 is 1.32 bits per heavy atom. The van der Waals surface area contributed by atoms with Crippen molar-refractivity contribution < 1.29 is 18.7 Å². The SMILES string of the molecule is CNC(=O)C(Cc1ccccc1F)N(C)C(=O)OC(C)(C)C. The lowest BCUT2D eigenvalue weighted by Crippen LogP contribution is -2.49. The van der Waals surface area contributed by atoms with Crippen molar-refractivity contribution in [1.29, 1.82) is 0 Å². The first kappa shape index (κ1) is 17.9. The molecule has 0 heterocycles. The summed E-state index contributed by atoms with van der Waals surface area (Å²) in [6, 6.07) is 5.33. The van der Waals surface area contributed by atoms with E-state index in [-0.39, 0.29) is 12.3 Å². The summed E-state index contributed by atoms with van der Waals surface area (Å²) in [5, 5.41) is 2.49. The van der Waals surface area contributed by atoms with Crippen LogP contribution in [0.4, 0.5) is 9.18 Å². The van der Waals surface area contributed by atoms with Crippen LogP contribution in [0, 0.1) is 5.82 Å². The van der Waals surface area contributed by atoms with Gasteiger partial charge in [0.25, 0.3) is 0 Å². The van der Waals surface area contributed by atoms with Gasteiger partial charge in [-0.2, -0.15) is 0 Å². The molecule has 0 spiro atoms. The molecule has 5 nitrogen and oxygen atoms in total. The fourth-order valence-electron chi connectivity index (χ4n) is 1.91. The quantitative estimate of drug-likeness (QED) is 0.928. The van der Waals surface area contributed by atoms with Crippen LogP contribution < -0.4 is 5.32 Å². The average molecular weight is 310 g/mol. The van der Waals surface area contributed by atoms with Crippen molar-refractivity contribution in [3.05, 3.63) is 35.6 Å². The zero-order chi connectivity index (χ0) is 16.9. The monoisotopic (exact) mass is 310 g/mol. The number of rotatable bonds is 4. The standard InChI is InChI=1S/C16H23FN2O3/c1-16(2,3)22-15(21)19(5)13(14(20)18-4)10-11-8-6-7-9-12(11)17/h6-9,13H,10H2,1-5H3,(H,18,20). The van der Waals surface area contributed by atoms with Crippen LogP contribution in [-0.4, -0.2) is 42.6 Å². The molecule has 0 aromatic heterocycles. The van der Waals surface area contributed by atoms with E-state index in [9.17, 15) is 14.0 Å². The van der Waals surface area contributed by atoms with Crippen molar-refractivity contribution in [2.45, 2.75) is 38.8 Å². The van der Waals surface area contributed by atoms with Gasteiger partial charge in [-0.15, -0.1) is 0 Å². The molecule has 0 aliphatic heterocycles. The van der Waals surface area contributed by atoms with E-state index in [2.05, 4.69) is 5.32 Å². The van der Waals surface area contributed by atoms with Crippen LogP contribution in [0.25, 0.3) is 0 Å². The highest BCUT2D eigenvalue weighted by Crippen LogP contribution is 2.15. The molecule has 0 aliphatic rings. The Balaban J connectivity index is 2.96. The Morgan fingerprint density at radius 3 is 2.41 bits per heavy atom. The van der Waals surface area contributed by atoms with E-state index in [1.54, 1.807) is 39.0 Å². The summed E-state index contributed by atoms with van der Waals surface area (Å²) in [4.78, 5) is 25.4. The largest absolute Gasteiger partial charge is 0.444 e. The zero-order valence-corrected chi connectivity index (χ0v) is 13.6. The van der Waals surface area contributed by atoms with Crippen LogP contribution in [-0.2, 0) is 16.0 Å². The van der Waals surface area contributed by atoms with Crippen LogP contribution in [0.3, 0.4) is 0 Å². The smallest absolute Gasteiger partial charge is 0.410 e. The van der Waals surface area contributed by atoms with E-state index in [0.717, 1.165) is 0 Å². The molecule has 1 unspecified atom stereocenters. The van der Waals surface area contributed by atoms with Gasteiger partial charge in [0.15, 0.2) is 0 Å². The lowest BCUT2D eigenvalue weighted by Gasteiger charge is -2.29. The Labute approximate surface area is 130 Å². The Morgan fingerprint density at radius 2 is 1.91 bits per heavy atom. The van der Waals surface area contributed by atoms with E-state index in [1.165, 1.54) is 25.1 Å². The fraction of sp³-hybridized carbons (Fsp3) is 0.500. The third-order valence-corrected chi connectivity index (χ3v) is 3.07. The molecule has 0 bridgehead atoms. The molecule has 1 rings (SSSR count). The minimum Gasteiger partial charge on any atom is -0.444 e. The van der Waals surface area contributed by atoms with Crippen molar-refractivity contribution in [3.8, 4) is 0 Å². The van der Waals surface area contributed by atoms with Gasteiger partial charge in [-0.25, -0.2) is 9.18 Å². The first-order valence-corrected chi connectivity index (χ1v) is 7.06. The molecule has 6 heteroatoms. The second kappa shape index (κ2) is 7.24. The minimum absolute atomic E-state index is 0.0715. The number of likely N-dealkylation sites (N-methyl/N-ethyl adjacent to an activating group) is 2. The number of benzene rings is 1. The summed E-state index contributed by atoms with van der Waals surface area (Å²) in [6.45, 7) is 5.22. The number of ether oxygens (including phenoxy) is 1. The van der Waals surface area contributed by atoms with Crippen molar-refractivity contribution in [2.75, 3.05) is 14.1 Å². The van der Waals surface area contributed by atoms with Gasteiger partial charge in [-0.1, -0.05) is 18.2 Å². The minimum atomic E-state index is -0.850. The Kier molecular flexibility index (Phi) is 5.91. The number of hydrogen-bond acceptors (Lipinski definition) is 3. The van der Waals surface area contributed by atoms with Crippen molar-refractivity contribution >= 4 is 12.0 Å². The van der Waals surface area contributed by atoms with Gasteiger partial charge in [0.05, 0.1) is 0 Å². The first-order valence-electron chi connectivity index (χ1n) is 7.06. The molecular formula is C16H23FN2O3. The van der Waals surface area contributed by atoms with Gasteiger partial charge in [0.2, 0.25) is 5.91 Å². The first-order chi connectivity index (χ1) is 10.2. The molecule has 122 valence electrons. The highest BCUT2D eigenvalue weighted by molar-refractivity contribution is 5.85. The molecule has 2 amide bonds. The van der Waals surface area contributed by atoms with Gasteiger partial charge in [0.1, 0.15) is 17.5 Å². The summed E-state index contributed by atoms with van der Waals surface area (Å²) in [5.41, 5.74) is -0.303. The third kappa shape index (κ3) is 5.02. The molecule has 0 saturated heterocycles. The van der Waals surface area contributed by atoms with E-state index in [0.29, 0.717) is 5.56 Å². The van der Waals surface area contributed by atoms with Crippen LogP contribution in [0.15, 0.2) is 24.3 Å². The Bertz CT molecular complexity index is 540. The predicted octanol–water partition coefficient (Wildman–Crippen LogP) is 2.35. The lowest BCUT2D eigenvalue weighted by molar-refractivity contribution is -0.125. The van der Waals surface area contributed by atoms with E-state index in [1.807, 2.05) is 0 Å². The maximum absolute atomic E-state index is 13.8. The highest BCUT2D eigenvalue weighted by Gasteiger charge is 2.30. The molecule has 0 fully saturated rings. The summed E-state index contributed by atoms with van der Waals surface area (Å²) in [6.07, 6.45) is -0.556. The van der Waals surface area contributed by atoms with Crippen LogP contribution in [0.1, 0.15) is 26.3 Å². The van der Waals surface area contributed by atoms with Gasteiger partial charge in [-0.05, 0) is 32.4 Å². The summed E-state index contributed by atoms with van der Waals surface area (Å²) in [7, 11) is 2.94. The third-order valence-electron chi connectivity index (χ3n) is 3.07. The fourth-order valence-corrected chi connectivity index (χ4v) is 1.91. The van der Waals surface area contributed by atoms with Crippen molar-refractivity contribution in [3.63, 3.8) is 0 Å². The lowest BCUT2D eigenvalue weighted by atomic mass is 10.0. The molecule has 1 atom stereocenters. The molecule has 22 heavy (non-hydrogen) atoms. The second-order valence-corrected chi connectivity index (χ2v) is 6.02. The van der Waals surface area contributed by atoms with Gasteiger partial charge < -0.3 is 10.1 Å². The van der Waals surface area contributed by atoms with Gasteiger partial charge >= 0.3 is 6.09 Å². The van der Waals surface area contributed by atoms with E-state index >= 15 is 0 Å². The highest BCUT2D eigenvalue weighted by atomic mass is 19.1. The number of carbonyl (C=O) groups excluding carboxylic acids is 2. The molecule has 0 aliphatic carbocycles. The molecule has 0 saturated carbocycles. The van der Waals surface area contributed by atoms with Gasteiger partial charge in [-0.3, -0.25) is 9.69 Å². The van der Waals surface area contributed by atoms with E-state index in [4.69, 9.17) is 4.74 Å². The summed E-state index contributed by atoms with van der Waals surface area (Å²) in [5.74, 6) is -0.786.